The number of halogens is 1. The van der Waals surface area contributed by atoms with Gasteiger partial charge in [0.05, 0.1) is 11.0 Å². The Bertz CT molecular complexity index is 1680. The van der Waals surface area contributed by atoms with E-state index in [0.717, 1.165) is 36.1 Å². The second-order valence-corrected chi connectivity index (χ2v) is 12.6. The first-order valence-corrected chi connectivity index (χ1v) is 16.5. The molecule has 0 unspecified atom stereocenters. The minimum Gasteiger partial charge on any atom is -0.484 e. The van der Waals surface area contributed by atoms with Crippen LogP contribution in [-0.4, -0.2) is 57.0 Å². The lowest BCUT2D eigenvalue weighted by Crippen LogP contribution is -2.52. The zero-order chi connectivity index (χ0) is 32.4. The molecule has 0 saturated carbocycles. The molecule has 0 aromatic heterocycles. The third-order valence-corrected chi connectivity index (χ3v) is 8.98. The average molecular weight is 646 g/mol. The van der Waals surface area contributed by atoms with Crippen LogP contribution in [0.25, 0.3) is 0 Å². The lowest BCUT2D eigenvalue weighted by atomic mass is 10.0. The molecule has 240 valence electrons. The molecule has 11 heteroatoms. The van der Waals surface area contributed by atoms with Crippen LogP contribution in [-0.2, 0) is 37.3 Å². The van der Waals surface area contributed by atoms with Gasteiger partial charge in [0.2, 0.25) is 5.91 Å². The molecule has 1 heterocycles. The van der Waals surface area contributed by atoms with Crippen molar-refractivity contribution >= 4 is 27.5 Å². The topological polar surface area (TPSA) is 114 Å². The zero-order valence-corrected chi connectivity index (χ0v) is 26.0. The number of carbonyl (C=O) groups is 2. The van der Waals surface area contributed by atoms with Gasteiger partial charge in [-0.3, -0.25) is 14.3 Å². The number of hydrogen-bond donors (Lipinski definition) is 2. The summed E-state index contributed by atoms with van der Waals surface area (Å²) < 4.78 is 52.7. The fourth-order valence-corrected chi connectivity index (χ4v) is 6.21. The SMILES string of the molecule is O=C(NC[C@@H]1CCCO1)[C@H](Cc1ccccc1)N(Cc1ccccc1)C(=O)COc1ccc(S(=O)(=O)Nc2ccc(F)cc2)cc1. The molecule has 2 atom stereocenters. The molecule has 0 bridgehead atoms. The van der Waals surface area contributed by atoms with Gasteiger partial charge in [-0.15, -0.1) is 0 Å². The first-order valence-electron chi connectivity index (χ1n) is 15.0. The van der Waals surface area contributed by atoms with Crippen molar-refractivity contribution in [2.75, 3.05) is 24.5 Å². The number of nitrogens with zero attached hydrogens (tertiary/aromatic N) is 1. The van der Waals surface area contributed by atoms with E-state index in [0.29, 0.717) is 19.6 Å². The number of amides is 2. The summed E-state index contributed by atoms with van der Waals surface area (Å²) >= 11 is 0. The van der Waals surface area contributed by atoms with Crippen LogP contribution in [0.15, 0.2) is 114 Å². The van der Waals surface area contributed by atoms with Crippen LogP contribution in [0.5, 0.6) is 5.75 Å². The molecule has 1 fully saturated rings. The molecule has 5 rings (SSSR count). The van der Waals surface area contributed by atoms with Gasteiger partial charge in [-0.1, -0.05) is 60.7 Å². The highest BCUT2D eigenvalue weighted by Crippen LogP contribution is 2.21. The number of sulfonamides is 1. The minimum atomic E-state index is -3.94. The molecular weight excluding hydrogens is 609 g/mol. The van der Waals surface area contributed by atoms with E-state index >= 15 is 0 Å². The largest absolute Gasteiger partial charge is 0.484 e. The Balaban J connectivity index is 1.31. The van der Waals surface area contributed by atoms with Crippen LogP contribution < -0.4 is 14.8 Å². The normalized spacial score (nSPS) is 15.1. The smallest absolute Gasteiger partial charge is 0.261 e. The number of carbonyl (C=O) groups excluding carboxylic acids is 2. The Morgan fingerprint density at radius 3 is 2.17 bits per heavy atom. The summed E-state index contributed by atoms with van der Waals surface area (Å²) in [6, 6.07) is 28.7. The van der Waals surface area contributed by atoms with Gasteiger partial charge in [-0.05, 0) is 72.5 Å². The molecule has 0 aliphatic carbocycles. The maximum absolute atomic E-state index is 13.8. The molecule has 0 radical (unpaired) electrons. The predicted molar refractivity (Wildman–Crippen MR) is 172 cm³/mol. The second-order valence-electron chi connectivity index (χ2n) is 11.0. The van der Waals surface area contributed by atoms with E-state index < -0.39 is 27.8 Å². The molecule has 4 aromatic rings. The molecule has 1 saturated heterocycles. The van der Waals surface area contributed by atoms with Gasteiger partial charge >= 0.3 is 0 Å². The Kier molecular flexibility index (Phi) is 11.0. The lowest BCUT2D eigenvalue weighted by molar-refractivity contribution is -0.143. The second kappa shape index (κ2) is 15.5. The average Bonchev–Trinajstić information content (AvgIpc) is 3.60. The monoisotopic (exact) mass is 645 g/mol. The Labute approximate surface area is 268 Å². The van der Waals surface area contributed by atoms with Crippen molar-refractivity contribution in [2.24, 2.45) is 0 Å². The highest BCUT2D eigenvalue weighted by Gasteiger charge is 2.31. The summed E-state index contributed by atoms with van der Waals surface area (Å²) in [5.74, 6) is -0.901. The van der Waals surface area contributed by atoms with Crippen molar-refractivity contribution in [3.8, 4) is 5.75 Å². The van der Waals surface area contributed by atoms with Crippen LogP contribution in [0.1, 0.15) is 24.0 Å². The van der Waals surface area contributed by atoms with Crippen LogP contribution in [0.2, 0.25) is 0 Å². The lowest BCUT2D eigenvalue weighted by Gasteiger charge is -2.31. The van der Waals surface area contributed by atoms with Crippen molar-refractivity contribution in [2.45, 2.75) is 42.8 Å². The van der Waals surface area contributed by atoms with E-state index in [1.807, 2.05) is 60.7 Å². The number of benzene rings is 4. The predicted octanol–water partition coefficient (Wildman–Crippen LogP) is 4.94. The Hall–Kier alpha value is -4.74. The van der Waals surface area contributed by atoms with Crippen molar-refractivity contribution in [1.29, 1.82) is 0 Å². The van der Waals surface area contributed by atoms with Crippen LogP contribution >= 0.6 is 0 Å². The van der Waals surface area contributed by atoms with Crippen molar-refractivity contribution < 1.29 is 31.9 Å². The van der Waals surface area contributed by atoms with Crippen molar-refractivity contribution in [3.63, 3.8) is 0 Å². The summed E-state index contributed by atoms with van der Waals surface area (Å²) in [4.78, 5) is 29.0. The Morgan fingerprint density at radius 2 is 1.54 bits per heavy atom. The van der Waals surface area contributed by atoms with Crippen molar-refractivity contribution in [1.82, 2.24) is 10.2 Å². The molecule has 1 aliphatic heterocycles. The molecule has 46 heavy (non-hydrogen) atoms. The van der Waals surface area contributed by atoms with Crippen LogP contribution in [0.4, 0.5) is 10.1 Å². The highest BCUT2D eigenvalue weighted by molar-refractivity contribution is 7.92. The molecule has 2 N–H and O–H groups in total. The van der Waals surface area contributed by atoms with Gasteiger partial charge in [0.1, 0.15) is 17.6 Å². The molecule has 9 nitrogen and oxygen atoms in total. The van der Waals surface area contributed by atoms with E-state index in [9.17, 15) is 22.4 Å². The number of ether oxygens (including phenoxy) is 2. The fourth-order valence-electron chi connectivity index (χ4n) is 5.15. The van der Waals surface area contributed by atoms with Gasteiger partial charge in [-0.2, -0.15) is 0 Å². The number of anilines is 1. The summed E-state index contributed by atoms with van der Waals surface area (Å²) in [5, 5.41) is 3.00. The molecule has 0 spiro atoms. The van der Waals surface area contributed by atoms with Gasteiger partial charge in [-0.25, -0.2) is 12.8 Å². The first-order chi connectivity index (χ1) is 22.3. The van der Waals surface area contributed by atoms with E-state index in [1.54, 1.807) is 0 Å². The molecular formula is C35H36FN3O6S. The quantitative estimate of drug-likeness (QED) is 0.201. The molecule has 2 amide bonds. The van der Waals surface area contributed by atoms with Gasteiger partial charge in [0, 0.05) is 31.8 Å². The van der Waals surface area contributed by atoms with Crippen molar-refractivity contribution in [3.05, 3.63) is 126 Å². The van der Waals surface area contributed by atoms with Crippen LogP contribution in [0, 0.1) is 5.82 Å². The van der Waals surface area contributed by atoms with Gasteiger partial charge < -0.3 is 19.7 Å². The molecule has 1 aliphatic rings. The Morgan fingerprint density at radius 1 is 0.891 bits per heavy atom. The number of hydrogen-bond acceptors (Lipinski definition) is 6. The van der Waals surface area contributed by atoms with Gasteiger partial charge in [0.15, 0.2) is 6.61 Å². The maximum Gasteiger partial charge on any atom is 0.261 e. The summed E-state index contributed by atoms with van der Waals surface area (Å²) in [6.45, 7) is 0.831. The van der Waals surface area contributed by atoms with E-state index in [-0.39, 0.29) is 41.5 Å². The minimum absolute atomic E-state index is 0.0351. The third-order valence-electron chi connectivity index (χ3n) is 7.59. The standard InChI is InChI=1S/C35H36FN3O6S/c36-28-13-15-29(16-14-28)38-46(42,43)32-19-17-30(18-20-32)45-25-34(40)39(24-27-10-5-2-6-11-27)33(22-26-8-3-1-4-9-26)35(41)37-23-31-12-7-21-44-31/h1-6,8-11,13-20,31,33,38H,7,12,21-25H2,(H,37,41)/t31-,33-/m0/s1. The number of nitrogens with one attached hydrogen (secondary N) is 2. The van der Waals surface area contributed by atoms with Crippen LogP contribution in [0.3, 0.4) is 0 Å². The zero-order valence-electron chi connectivity index (χ0n) is 25.2. The fraction of sp³-hybridized carbons (Fsp3) is 0.257. The third kappa shape index (κ3) is 9.15. The summed E-state index contributed by atoms with van der Waals surface area (Å²) in [5.41, 5.74) is 1.97. The van der Waals surface area contributed by atoms with E-state index in [4.69, 9.17) is 9.47 Å². The number of rotatable bonds is 14. The molecule has 4 aromatic carbocycles. The van der Waals surface area contributed by atoms with E-state index in [2.05, 4.69) is 10.0 Å². The summed E-state index contributed by atoms with van der Waals surface area (Å²) in [6.07, 6.45) is 2.05. The maximum atomic E-state index is 13.8. The summed E-state index contributed by atoms with van der Waals surface area (Å²) in [7, 11) is -3.94. The highest BCUT2D eigenvalue weighted by atomic mass is 32.2. The first kappa shape index (κ1) is 32.6. The van der Waals surface area contributed by atoms with Gasteiger partial charge in [0.25, 0.3) is 15.9 Å². The van der Waals surface area contributed by atoms with E-state index in [1.165, 1.54) is 41.3 Å².